The highest BCUT2D eigenvalue weighted by Gasteiger charge is 2.19. The van der Waals surface area contributed by atoms with E-state index >= 15 is 0 Å². The number of benzene rings is 1. The standard InChI is InChI=1S/C23H24FN3O4/c1-30-10-3-4-19-18-13-16(12-15-5-7-17(24)8-6-15)14-26-20(18)22(28)21(27-19)23(29)25-9-11-31-2/h3-8,13-14,28H,9-12H2,1-2H3,(H,25,29). The van der Waals surface area contributed by atoms with E-state index in [1.165, 1.54) is 19.2 Å². The summed E-state index contributed by atoms with van der Waals surface area (Å²) < 4.78 is 23.2. The van der Waals surface area contributed by atoms with Gasteiger partial charge in [0.1, 0.15) is 11.3 Å². The molecule has 3 aromatic rings. The molecule has 31 heavy (non-hydrogen) atoms. The second kappa shape index (κ2) is 10.6. The molecule has 3 rings (SSSR count). The molecule has 1 amide bonds. The van der Waals surface area contributed by atoms with Crippen molar-refractivity contribution in [1.82, 2.24) is 15.3 Å². The Morgan fingerprint density at radius 3 is 2.68 bits per heavy atom. The zero-order valence-electron chi connectivity index (χ0n) is 17.4. The quantitative estimate of drug-likeness (QED) is 0.512. The summed E-state index contributed by atoms with van der Waals surface area (Å²) in [6.45, 7) is 0.987. The maximum Gasteiger partial charge on any atom is 0.273 e. The molecule has 2 heterocycles. The van der Waals surface area contributed by atoms with Crippen LogP contribution >= 0.6 is 0 Å². The average molecular weight is 425 g/mol. The van der Waals surface area contributed by atoms with Gasteiger partial charge in [0.05, 0.1) is 18.9 Å². The topological polar surface area (TPSA) is 93.6 Å². The van der Waals surface area contributed by atoms with Gasteiger partial charge in [-0.15, -0.1) is 0 Å². The van der Waals surface area contributed by atoms with E-state index in [9.17, 15) is 14.3 Å². The van der Waals surface area contributed by atoms with Crippen LogP contribution in [0, 0.1) is 5.82 Å². The third kappa shape index (κ3) is 5.62. The first kappa shape index (κ1) is 22.3. The first-order valence-electron chi connectivity index (χ1n) is 9.72. The van der Waals surface area contributed by atoms with Crippen LogP contribution in [0.4, 0.5) is 4.39 Å². The van der Waals surface area contributed by atoms with Crippen molar-refractivity contribution in [2.75, 3.05) is 34.0 Å². The van der Waals surface area contributed by atoms with Gasteiger partial charge >= 0.3 is 0 Å². The van der Waals surface area contributed by atoms with Gasteiger partial charge in [-0.1, -0.05) is 18.2 Å². The number of pyridine rings is 2. The first-order chi connectivity index (χ1) is 15.0. The van der Waals surface area contributed by atoms with Crippen LogP contribution in [0.15, 0.2) is 42.6 Å². The zero-order chi connectivity index (χ0) is 22.2. The number of carbonyl (C=O) groups is 1. The highest BCUT2D eigenvalue weighted by molar-refractivity contribution is 6.02. The SMILES string of the molecule is COCC=Cc1nc(C(=O)NCCOC)c(O)c2ncc(Cc3ccc(F)cc3)cc12. The summed E-state index contributed by atoms with van der Waals surface area (Å²) in [5, 5.41) is 13.9. The molecule has 1 aromatic carbocycles. The van der Waals surface area contributed by atoms with Crippen LogP contribution in [0.5, 0.6) is 5.75 Å². The number of aromatic nitrogens is 2. The van der Waals surface area contributed by atoms with E-state index in [2.05, 4.69) is 15.3 Å². The second-order valence-corrected chi connectivity index (χ2v) is 6.84. The first-order valence-corrected chi connectivity index (χ1v) is 9.72. The minimum Gasteiger partial charge on any atom is -0.504 e. The number of amides is 1. The van der Waals surface area contributed by atoms with E-state index in [4.69, 9.17) is 9.47 Å². The van der Waals surface area contributed by atoms with Gasteiger partial charge in [-0.2, -0.15) is 0 Å². The lowest BCUT2D eigenvalue weighted by atomic mass is 10.0. The van der Waals surface area contributed by atoms with Crippen molar-refractivity contribution >= 4 is 22.9 Å². The monoisotopic (exact) mass is 425 g/mol. The molecule has 0 aliphatic heterocycles. The number of fused-ring (bicyclic) bond motifs is 1. The highest BCUT2D eigenvalue weighted by atomic mass is 19.1. The van der Waals surface area contributed by atoms with E-state index in [-0.39, 0.29) is 29.3 Å². The molecular weight excluding hydrogens is 401 g/mol. The Hall–Kier alpha value is -3.36. The Morgan fingerprint density at radius 1 is 1.19 bits per heavy atom. The van der Waals surface area contributed by atoms with Gasteiger partial charge in [-0.25, -0.2) is 9.37 Å². The third-order valence-electron chi connectivity index (χ3n) is 4.57. The van der Waals surface area contributed by atoms with Crippen LogP contribution in [0.3, 0.4) is 0 Å². The molecule has 7 nitrogen and oxygen atoms in total. The Kier molecular flexibility index (Phi) is 7.64. The molecule has 0 bridgehead atoms. The number of hydrogen-bond donors (Lipinski definition) is 2. The van der Waals surface area contributed by atoms with Gasteiger partial charge in [0.15, 0.2) is 11.4 Å². The number of carbonyl (C=O) groups excluding carboxylic acids is 1. The Balaban J connectivity index is 2.02. The fourth-order valence-corrected chi connectivity index (χ4v) is 3.06. The molecule has 0 spiro atoms. The zero-order valence-corrected chi connectivity index (χ0v) is 17.4. The fourth-order valence-electron chi connectivity index (χ4n) is 3.06. The van der Waals surface area contributed by atoms with Crippen LogP contribution in [0.25, 0.3) is 17.0 Å². The number of nitrogens with zero attached hydrogens (tertiary/aromatic N) is 2. The molecular formula is C23H24FN3O4. The summed E-state index contributed by atoms with van der Waals surface area (Å²) in [5.74, 6) is -1.10. The molecule has 0 saturated carbocycles. The number of halogens is 1. The molecule has 162 valence electrons. The van der Waals surface area contributed by atoms with Crippen molar-refractivity contribution in [3.8, 4) is 5.75 Å². The van der Waals surface area contributed by atoms with Crippen LogP contribution in [-0.4, -0.2) is 55.0 Å². The number of rotatable bonds is 9. The Bertz CT molecular complexity index is 1080. The number of ether oxygens (including phenoxy) is 2. The largest absolute Gasteiger partial charge is 0.504 e. The molecule has 2 aromatic heterocycles. The Morgan fingerprint density at radius 2 is 1.97 bits per heavy atom. The van der Waals surface area contributed by atoms with Crippen LogP contribution < -0.4 is 5.32 Å². The van der Waals surface area contributed by atoms with Crippen LogP contribution in [0.2, 0.25) is 0 Å². The van der Waals surface area contributed by atoms with Gasteiger partial charge in [0, 0.05) is 32.3 Å². The summed E-state index contributed by atoms with van der Waals surface area (Å²) in [5.41, 5.74) is 2.42. The molecule has 0 aliphatic carbocycles. The second-order valence-electron chi connectivity index (χ2n) is 6.84. The highest BCUT2D eigenvalue weighted by Crippen LogP contribution is 2.30. The molecule has 0 atom stereocenters. The van der Waals surface area contributed by atoms with Crippen molar-refractivity contribution in [2.45, 2.75) is 6.42 Å². The molecule has 0 unspecified atom stereocenters. The van der Waals surface area contributed by atoms with E-state index < -0.39 is 5.91 Å². The van der Waals surface area contributed by atoms with Crippen LogP contribution in [-0.2, 0) is 15.9 Å². The molecule has 0 fully saturated rings. The smallest absolute Gasteiger partial charge is 0.273 e. The summed E-state index contributed by atoms with van der Waals surface area (Å²) in [7, 11) is 3.10. The lowest BCUT2D eigenvalue weighted by molar-refractivity contribution is 0.0929. The van der Waals surface area contributed by atoms with Crippen molar-refractivity contribution < 1.29 is 23.8 Å². The molecule has 0 aliphatic rings. The lowest BCUT2D eigenvalue weighted by Gasteiger charge is -2.11. The van der Waals surface area contributed by atoms with Gasteiger partial charge in [0.2, 0.25) is 0 Å². The van der Waals surface area contributed by atoms with E-state index in [0.29, 0.717) is 30.7 Å². The van der Waals surface area contributed by atoms with Gasteiger partial charge < -0.3 is 19.9 Å². The minimum atomic E-state index is -0.518. The normalized spacial score (nSPS) is 11.3. The molecule has 8 heteroatoms. The van der Waals surface area contributed by atoms with E-state index in [1.54, 1.807) is 37.6 Å². The Labute approximate surface area is 179 Å². The summed E-state index contributed by atoms with van der Waals surface area (Å²) in [6.07, 6.45) is 5.64. The van der Waals surface area contributed by atoms with Crippen molar-refractivity contribution in [1.29, 1.82) is 0 Å². The number of nitrogens with one attached hydrogen (secondary N) is 1. The summed E-state index contributed by atoms with van der Waals surface area (Å²) >= 11 is 0. The number of hydrogen-bond acceptors (Lipinski definition) is 6. The third-order valence-corrected chi connectivity index (χ3v) is 4.57. The lowest BCUT2D eigenvalue weighted by Crippen LogP contribution is -2.28. The van der Waals surface area contributed by atoms with Crippen molar-refractivity contribution in [3.05, 3.63) is 70.9 Å². The predicted molar refractivity (Wildman–Crippen MR) is 116 cm³/mol. The van der Waals surface area contributed by atoms with Gasteiger partial charge in [-0.05, 0) is 41.8 Å². The number of aromatic hydroxyl groups is 1. The maximum absolute atomic E-state index is 13.2. The average Bonchev–Trinajstić information content (AvgIpc) is 2.77. The van der Waals surface area contributed by atoms with Crippen LogP contribution in [0.1, 0.15) is 27.3 Å². The van der Waals surface area contributed by atoms with Crippen molar-refractivity contribution in [3.63, 3.8) is 0 Å². The molecule has 0 saturated heterocycles. The fraction of sp³-hybridized carbons (Fsp3) is 0.261. The predicted octanol–water partition coefficient (Wildman–Crippen LogP) is 3.10. The minimum absolute atomic E-state index is 0.112. The molecule has 0 radical (unpaired) electrons. The van der Waals surface area contributed by atoms with E-state index in [1.807, 2.05) is 6.07 Å². The van der Waals surface area contributed by atoms with E-state index in [0.717, 1.165) is 11.1 Å². The maximum atomic E-state index is 13.2. The molecule has 2 N–H and O–H groups in total. The summed E-state index contributed by atoms with van der Waals surface area (Å²) in [4.78, 5) is 21.3. The summed E-state index contributed by atoms with van der Waals surface area (Å²) in [6, 6.07) is 8.09. The van der Waals surface area contributed by atoms with Gasteiger partial charge in [-0.3, -0.25) is 9.78 Å². The number of methoxy groups -OCH3 is 2. The van der Waals surface area contributed by atoms with Crippen molar-refractivity contribution in [2.24, 2.45) is 0 Å². The van der Waals surface area contributed by atoms with Gasteiger partial charge in [0.25, 0.3) is 5.91 Å².